The van der Waals surface area contributed by atoms with Crippen LogP contribution in [0.4, 0.5) is 0 Å². The van der Waals surface area contributed by atoms with Gasteiger partial charge in [0.25, 0.3) is 5.89 Å². The molecule has 0 spiro atoms. The zero-order valence-electron chi connectivity index (χ0n) is 20.7. The van der Waals surface area contributed by atoms with E-state index < -0.39 is 0 Å². The predicted molar refractivity (Wildman–Crippen MR) is 133 cm³/mol. The third-order valence-electron chi connectivity index (χ3n) is 5.57. The van der Waals surface area contributed by atoms with Crippen LogP contribution in [0.3, 0.4) is 0 Å². The summed E-state index contributed by atoms with van der Waals surface area (Å²) in [5.74, 6) is 1.56. The van der Waals surface area contributed by atoms with Crippen LogP contribution in [0.1, 0.15) is 50.8 Å². The lowest BCUT2D eigenvalue weighted by atomic mass is 10.0. The van der Waals surface area contributed by atoms with Crippen molar-refractivity contribution in [3.05, 3.63) is 53.1 Å². The van der Waals surface area contributed by atoms with E-state index in [0.717, 1.165) is 31.5 Å². The lowest BCUT2D eigenvalue weighted by molar-refractivity contribution is 0.0196. The van der Waals surface area contributed by atoms with Gasteiger partial charge in [0.05, 0.1) is 17.8 Å². The van der Waals surface area contributed by atoms with Crippen LogP contribution in [0.15, 0.2) is 40.9 Å². The van der Waals surface area contributed by atoms with Crippen LogP contribution in [0.5, 0.6) is 5.75 Å². The monoisotopic (exact) mass is 462 g/mol. The fraction of sp³-hybridized carbons (Fsp3) is 0.444. The highest BCUT2D eigenvalue weighted by Gasteiger charge is 2.20. The van der Waals surface area contributed by atoms with Crippen molar-refractivity contribution in [2.45, 2.75) is 59.2 Å². The van der Waals surface area contributed by atoms with Gasteiger partial charge in [0.15, 0.2) is 0 Å². The SMILES string of the molecule is CC.CC(C)Oc1ccc(-c2nc(-c3cccc4c3CCC4)no2)cc1C#N.CN1CC(O)C1. The van der Waals surface area contributed by atoms with E-state index in [1.54, 1.807) is 12.1 Å². The number of likely N-dealkylation sites (N-methyl/N-ethyl adjacent to an activating group) is 1. The predicted octanol–water partition coefficient (Wildman–Crippen LogP) is 4.87. The molecule has 0 unspecified atom stereocenters. The second-order valence-corrected chi connectivity index (χ2v) is 8.58. The molecule has 1 N–H and O–H groups in total. The number of aliphatic hydroxyl groups excluding tert-OH is 1. The number of aromatic nitrogens is 2. The molecule has 2 heterocycles. The summed E-state index contributed by atoms with van der Waals surface area (Å²) < 4.78 is 11.1. The Morgan fingerprint density at radius 1 is 1.18 bits per heavy atom. The lowest BCUT2D eigenvalue weighted by Gasteiger charge is -2.31. The number of fused-ring (bicyclic) bond motifs is 1. The number of aliphatic hydroxyl groups is 1. The summed E-state index contributed by atoms with van der Waals surface area (Å²) in [7, 11) is 1.99. The maximum atomic E-state index is 9.40. The van der Waals surface area contributed by atoms with Crippen molar-refractivity contribution in [1.82, 2.24) is 15.0 Å². The Morgan fingerprint density at radius 3 is 2.56 bits per heavy atom. The molecule has 1 aliphatic carbocycles. The Balaban J connectivity index is 0.000000348. The molecule has 0 amide bonds. The Bertz CT molecular complexity index is 1120. The molecule has 180 valence electrons. The van der Waals surface area contributed by atoms with Crippen LogP contribution in [-0.2, 0) is 12.8 Å². The number of benzene rings is 2. The summed E-state index contributed by atoms with van der Waals surface area (Å²) in [4.78, 5) is 6.64. The van der Waals surface area contributed by atoms with E-state index in [4.69, 9.17) is 14.4 Å². The molecular weight excluding hydrogens is 428 g/mol. The molecule has 2 aliphatic rings. The highest BCUT2D eigenvalue weighted by atomic mass is 16.5. The normalized spacial score (nSPS) is 14.8. The van der Waals surface area contributed by atoms with Gasteiger partial charge in [-0.2, -0.15) is 10.2 Å². The molecule has 7 nitrogen and oxygen atoms in total. The summed E-state index contributed by atoms with van der Waals surface area (Å²) in [6.45, 7) is 9.58. The third-order valence-corrected chi connectivity index (χ3v) is 5.57. The standard InChI is InChI=1S/C21H19N3O2.C4H9NO.C2H6/c1-13(2)25-19-10-9-15(11-16(19)12-22)21-23-20(24-26-21)18-8-4-6-14-5-3-7-17(14)18;1-5-2-4(6)3-5;1-2/h4,6,8-11,13H,3,5,7H2,1-2H3;4,6H,2-3H2,1H3;1-2H3. The molecule has 1 aromatic heterocycles. The molecule has 3 aromatic rings. The number of aryl methyl sites for hydroxylation is 1. The molecule has 34 heavy (non-hydrogen) atoms. The molecule has 1 fully saturated rings. The van der Waals surface area contributed by atoms with Gasteiger partial charge in [-0.3, -0.25) is 0 Å². The molecule has 0 radical (unpaired) electrons. The summed E-state index contributed by atoms with van der Waals surface area (Å²) in [6, 6.07) is 13.8. The first kappa shape index (κ1) is 25.4. The van der Waals surface area contributed by atoms with E-state index >= 15 is 0 Å². The minimum absolute atomic E-state index is 0.00290. The maximum absolute atomic E-state index is 9.40. The summed E-state index contributed by atoms with van der Waals surface area (Å²) in [5, 5.41) is 22.1. The molecule has 0 bridgehead atoms. The van der Waals surface area contributed by atoms with E-state index in [2.05, 4.69) is 27.2 Å². The van der Waals surface area contributed by atoms with Gasteiger partial charge in [0, 0.05) is 24.2 Å². The maximum Gasteiger partial charge on any atom is 0.258 e. The molecule has 1 saturated heterocycles. The summed E-state index contributed by atoms with van der Waals surface area (Å²) >= 11 is 0. The van der Waals surface area contributed by atoms with Crippen LogP contribution in [0.2, 0.25) is 0 Å². The summed E-state index contributed by atoms with van der Waals surface area (Å²) in [5.41, 5.74) is 4.89. The van der Waals surface area contributed by atoms with Crippen LogP contribution < -0.4 is 4.74 Å². The smallest absolute Gasteiger partial charge is 0.258 e. The molecular formula is C27H34N4O3. The molecule has 0 saturated carbocycles. The Labute approximate surface area is 202 Å². The molecule has 5 rings (SSSR count). The molecule has 1 aliphatic heterocycles. The fourth-order valence-corrected chi connectivity index (χ4v) is 4.05. The first-order valence-electron chi connectivity index (χ1n) is 12.0. The van der Waals surface area contributed by atoms with Crippen molar-refractivity contribution >= 4 is 0 Å². The number of hydrogen-bond donors (Lipinski definition) is 1. The quantitative estimate of drug-likeness (QED) is 0.591. The van der Waals surface area contributed by atoms with E-state index in [1.165, 1.54) is 17.5 Å². The van der Waals surface area contributed by atoms with Crippen LogP contribution in [-0.4, -0.2) is 52.5 Å². The largest absolute Gasteiger partial charge is 0.490 e. The van der Waals surface area contributed by atoms with Gasteiger partial charge in [-0.05, 0) is 69.5 Å². The minimum Gasteiger partial charge on any atom is -0.490 e. The van der Waals surface area contributed by atoms with Crippen LogP contribution in [0.25, 0.3) is 22.8 Å². The Hall–Kier alpha value is -3.21. The van der Waals surface area contributed by atoms with E-state index in [1.807, 2.05) is 52.9 Å². The summed E-state index contributed by atoms with van der Waals surface area (Å²) in [6.07, 6.45) is 3.30. The highest BCUT2D eigenvalue weighted by molar-refractivity contribution is 5.66. The van der Waals surface area contributed by atoms with E-state index in [-0.39, 0.29) is 12.2 Å². The van der Waals surface area contributed by atoms with Gasteiger partial charge in [-0.1, -0.05) is 37.2 Å². The second kappa shape index (κ2) is 11.8. The van der Waals surface area contributed by atoms with Crippen molar-refractivity contribution in [2.75, 3.05) is 20.1 Å². The average Bonchev–Trinajstić information content (AvgIpc) is 3.50. The van der Waals surface area contributed by atoms with Crippen molar-refractivity contribution in [2.24, 2.45) is 0 Å². The zero-order chi connectivity index (χ0) is 24.7. The Morgan fingerprint density at radius 2 is 1.94 bits per heavy atom. The van der Waals surface area contributed by atoms with Crippen LogP contribution in [0, 0.1) is 11.3 Å². The van der Waals surface area contributed by atoms with Crippen molar-refractivity contribution in [3.63, 3.8) is 0 Å². The molecule has 7 heteroatoms. The van der Waals surface area contributed by atoms with Gasteiger partial charge in [0.2, 0.25) is 5.82 Å². The lowest BCUT2D eigenvalue weighted by Crippen LogP contribution is -2.47. The topological polar surface area (TPSA) is 95.4 Å². The number of ether oxygens (including phenoxy) is 1. The number of nitrogens with zero attached hydrogens (tertiary/aromatic N) is 4. The number of rotatable bonds is 4. The van der Waals surface area contributed by atoms with Crippen molar-refractivity contribution in [1.29, 1.82) is 5.26 Å². The highest BCUT2D eigenvalue weighted by Crippen LogP contribution is 2.32. The zero-order valence-corrected chi connectivity index (χ0v) is 20.7. The van der Waals surface area contributed by atoms with Gasteiger partial charge >= 0.3 is 0 Å². The Kier molecular flexibility index (Phi) is 8.80. The minimum atomic E-state index is -0.0324. The van der Waals surface area contributed by atoms with E-state index in [0.29, 0.717) is 28.6 Å². The van der Waals surface area contributed by atoms with Gasteiger partial charge in [-0.15, -0.1) is 0 Å². The molecule has 2 aromatic carbocycles. The average molecular weight is 463 g/mol. The molecule has 0 atom stereocenters. The number of β-amino-alcohol motifs (C(OH)–C–C–N with tert-alkyl or cyclic N) is 1. The van der Waals surface area contributed by atoms with Crippen LogP contribution >= 0.6 is 0 Å². The first-order chi connectivity index (χ1) is 16.4. The first-order valence-corrected chi connectivity index (χ1v) is 12.0. The van der Waals surface area contributed by atoms with Gasteiger partial charge in [-0.25, -0.2) is 0 Å². The van der Waals surface area contributed by atoms with Gasteiger partial charge in [0.1, 0.15) is 11.8 Å². The number of hydrogen-bond acceptors (Lipinski definition) is 7. The number of likely N-dealkylation sites (tertiary alicyclic amines) is 1. The third kappa shape index (κ3) is 6.02. The van der Waals surface area contributed by atoms with E-state index in [9.17, 15) is 5.26 Å². The van der Waals surface area contributed by atoms with Crippen molar-refractivity contribution < 1.29 is 14.4 Å². The van der Waals surface area contributed by atoms with Crippen molar-refractivity contribution in [3.8, 4) is 34.7 Å². The second-order valence-electron chi connectivity index (χ2n) is 8.58. The number of nitriles is 1. The van der Waals surface area contributed by atoms with Gasteiger partial charge < -0.3 is 19.3 Å². The fourth-order valence-electron chi connectivity index (χ4n) is 4.05.